The van der Waals surface area contributed by atoms with Crippen molar-refractivity contribution in [3.63, 3.8) is 0 Å². The van der Waals surface area contributed by atoms with Crippen molar-refractivity contribution in [3.8, 4) is 0 Å². The third-order valence-corrected chi connectivity index (χ3v) is 2.99. The molecule has 0 aliphatic heterocycles. The van der Waals surface area contributed by atoms with Gasteiger partial charge in [0, 0.05) is 12.2 Å². The molecule has 0 aromatic carbocycles. The number of nitrogens with zero attached hydrogens (tertiary/aromatic N) is 1. The number of aromatic nitrogens is 1. The summed E-state index contributed by atoms with van der Waals surface area (Å²) >= 11 is 6.00. The number of rotatable bonds is 2. The number of hydrogen-bond donors (Lipinski definition) is 1. The SMILES string of the molecule is Cc1cnc(Cl)c(NC2CCCC2)c1. The summed E-state index contributed by atoms with van der Waals surface area (Å²) in [5.74, 6) is 0. The first-order valence-corrected chi connectivity index (χ1v) is 5.52. The molecule has 0 spiro atoms. The number of nitrogens with one attached hydrogen (secondary N) is 1. The molecule has 2 rings (SSSR count). The van der Waals surface area contributed by atoms with E-state index in [9.17, 15) is 0 Å². The van der Waals surface area contributed by atoms with Crippen molar-refractivity contribution >= 4 is 17.3 Å². The summed E-state index contributed by atoms with van der Waals surface area (Å²) in [6, 6.07) is 2.66. The van der Waals surface area contributed by atoms with Crippen LogP contribution >= 0.6 is 11.6 Å². The first-order valence-electron chi connectivity index (χ1n) is 5.14. The van der Waals surface area contributed by atoms with Gasteiger partial charge in [-0.25, -0.2) is 4.98 Å². The second-order valence-electron chi connectivity index (χ2n) is 3.98. The molecular weight excluding hydrogens is 196 g/mol. The summed E-state index contributed by atoms with van der Waals surface area (Å²) in [6.45, 7) is 2.03. The van der Waals surface area contributed by atoms with Crippen LogP contribution in [0.4, 0.5) is 5.69 Å². The van der Waals surface area contributed by atoms with E-state index in [0.717, 1.165) is 11.3 Å². The summed E-state index contributed by atoms with van der Waals surface area (Å²) < 4.78 is 0. The molecule has 1 heterocycles. The van der Waals surface area contributed by atoms with Crippen molar-refractivity contribution in [2.24, 2.45) is 0 Å². The standard InChI is InChI=1S/C11H15ClN2/c1-8-6-10(11(12)13-7-8)14-9-4-2-3-5-9/h6-7,9,14H,2-5H2,1H3. The van der Waals surface area contributed by atoms with Gasteiger partial charge in [0.2, 0.25) is 0 Å². The zero-order chi connectivity index (χ0) is 9.97. The summed E-state index contributed by atoms with van der Waals surface area (Å²) in [6.07, 6.45) is 6.96. The van der Waals surface area contributed by atoms with Gasteiger partial charge in [0.1, 0.15) is 0 Å². The lowest BCUT2D eigenvalue weighted by atomic mass is 10.2. The Morgan fingerprint density at radius 2 is 2.14 bits per heavy atom. The highest BCUT2D eigenvalue weighted by Crippen LogP contribution is 2.26. The second kappa shape index (κ2) is 4.18. The predicted molar refractivity (Wildman–Crippen MR) is 59.9 cm³/mol. The molecule has 1 saturated carbocycles. The summed E-state index contributed by atoms with van der Waals surface area (Å²) in [4.78, 5) is 4.12. The Balaban J connectivity index is 2.10. The van der Waals surface area contributed by atoms with Crippen LogP contribution in [0.15, 0.2) is 12.3 Å². The second-order valence-corrected chi connectivity index (χ2v) is 4.33. The number of anilines is 1. The first-order chi connectivity index (χ1) is 6.75. The fraction of sp³-hybridized carbons (Fsp3) is 0.545. The molecule has 1 fully saturated rings. The van der Waals surface area contributed by atoms with Crippen LogP contribution in [0.5, 0.6) is 0 Å². The number of hydrogen-bond acceptors (Lipinski definition) is 2. The van der Waals surface area contributed by atoms with Crippen molar-refractivity contribution < 1.29 is 0 Å². The van der Waals surface area contributed by atoms with E-state index in [-0.39, 0.29) is 0 Å². The van der Waals surface area contributed by atoms with Crippen LogP contribution in [0.2, 0.25) is 5.15 Å². The molecule has 0 atom stereocenters. The monoisotopic (exact) mass is 210 g/mol. The number of halogens is 1. The van der Waals surface area contributed by atoms with Crippen molar-refractivity contribution in [3.05, 3.63) is 23.0 Å². The highest BCUT2D eigenvalue weighted by atomic mass is 35.5. The Morgan fingerprint density at radius 1 is 1.43 bits per heavy atom. The van der Waals surface area contributed by atoms with Gasteiger partial charge in [0.15, 0.2) is 5.15 Å². The molecule has 14 heavy (non-hydrogen) atoms. The van der Waals surface area contributed by atoms with E-state index in [1.165, 1.54) is 25.7 Å². The van der Waals surface area contributed by atoms with Crippen molar-refractivity contribution in [2.45, 2.75) is 38.6 Å². The van der Waals surface area contributed by atoms with Crippen LogP contribution in [0, 0.1) is 6.92 Å². The summed E-state index contributed by atoms with van der Waals surface area (Å²) in [5.41, 5.74) is 2.13. The smallest absolute Gasteiger partial charge is 0.152 e. The van der Waals surface area contributed by atoms with Gasteiger partial charge in [0.25, 0.3) is 0 Å². The maximum atomic E-state index is 6.00. The molecular formula is C11H15ClN2. The van der Waals surface area contributed by atoms with Gasteiger partial charge in [-0.1, -0.05) is 24.4 Å². The lowest BCUT2D eigenvalue weighted by Gasteiger charge is -2.14. The van der Waals surface area contributed by atoms with E-state index in [1.54, 1.807) is 6.20 Å². The van der Waals surface area contributed by atoms with Crippen LogP contribution in [0.3, 0.4) is 0 Å². The molecule has 0 saturated heterocycles. The quantitative estimate of drug-likeness (QED) is 0.757. The zero-order valence-corrected chi connectivity index (χ0v) is 9.14. The molecule has 1 N–H and O–H groups in total. The third-order valence-electron chi connectivity index (χ3n) is 2.69. The molecule has 0 unspecified atom stereocenters. The molecule has 1 aromatic rings. The Kier molecular flexibility index (Phi) is 2.92. The molecule has 0 bridgehead atoms. The molecule has 3 heteroatoms. The van der Waals surface area contributed by atoms with Crippen LogP contribution in [-0.2, 0) is 0 Å². The van der Waals surface area contributed by atoms with Gasteiger partial charge in [-0.3, -0.25) is 0 Å². The molecule has 0 amide bonds. The van der Waals surface area contributed by atoms with E-state index in [0.29, 0.717) is 11.2 Å². The molecule has 0 radical (unpaired) electrons. The normalized spacial score (nSPS) is 17.3. The summed E-state index contributed by atoms with van der Waals surface area (Å²) in [7, 11) is 0. The molecule has 2 nitrogen and oxygen atoms in total. The average molecular weight is 211 g/mol. The Morgan fingerprint density at radius 3 is 2.86 bits per heavy atom. The van der Waals surface area contributed by atoms with Gasteiger partial charge in [-0.05, 0) is 31.4 Å². The lowest BCUT2D eigenvalue weighted by Crippen LogP contribution is -2.15. The van der Waals surface area contributed by atoms with Gasteiger partial charge >= 0.3 is 0 Å². The maximum absolute atomic E-state index is 6.00. The van der Waals surface area contributed by atoms with E-state index in [2.05, 4.69) is 16.4 Å². The minimum atomic E-state index is 0.586. The minimum Gasteiger partial charge on any atom is -0.380 e. The molecule has 1 aliphatic rings. The van der Waals surface area contributed by atoms with Crippen LogP contribution in [-0.4, -0.2) is 11.0 Å². The maximum Gasteiger partial charge on any atom is 0.152 e. The van der Waals surface area contributed by atoms with Gasteiger partial charge < -0.3 is 5.32 Å². The average Bonchev–Trinajstić information content (AvgIpc) is 2.64. The minimum absolute atomic E-state index is 0.586. The highest BCUT2D eigenvalue weighted by molar-refractivity contribution is 6.31. The first kappa shape index (κ1) is 9.78. The Bertz CT molecular complexity index is 319. The van der Waals surface area contributed by atoms with Crippen LogP contribution < -0.4 is 5.32 Å². The van der Waals surface area contributed by atoms with Crippen LogP contribution in [0.1, 0.15) is 31.2 Å². The molecule has 76 valence electrons. The third kappa shape index (κ3) is 2.18. The largest absolute Gasteiger partial charge is 0.380 e. The fourth-order valence-electron chi connectivity index (χ4n) is 1.94. The molecule has 1 aliphatic carbocycles. The molecule has 1 aromatic heterocycles. The number of pyridine rings is 1. The fourth-order valence-corrected chi connectivity index (χ4v) is 2.10. The van der Waals surface area contributed by atoms with E-state index >= 15 is 0 Å². The summed E-state index contributed by atoms with van der Waals surface area (Å²) in [5, 5.41) is 4.04. The highest BCUT2D eigenvalue weighted by Gasteiger charge is 2.15. The van der Waals surface area contributed by atoms with E-state index in [1.807, 2.05) is 6.92 Å². The van der Waals surface area contributed by atoms with Crippen molar-refractivity contribution in [2.75, 3.05) is 5.32 Å². The lowest BCUT2D eigenvalue weighted by molar-refractivity contribution is 0.754. The van der Waals surface area contributed by atoms with Gasteiger partial charge in [0.05, 0.1) is 5.69 Å². The Hall–Kier alpha value is -0.760. The Labute approximate surface area is 89.7 Å². The van der Waals surface area contributed by atoms with E-state index in [4.69, 9.17) is 11.6 Å². The van der Waals surface area contributed by atoms with Crippen molar-refractivity contribution in [1.29, 1.82) is 0 Å². The zero-order valence-electron chi connectivity index (χ0n) is 8.39. The number of aryl methyl sites for hydroxylation is 1. The topological polar surface area (TPSA) is 24.9 Å². The van der Waals surface area contributed by atoms with Crippen molar-refractivity contribution in [1.82, 2.24) is 4.98 Å². The van der Waals surface area contributed by atoms with Gasteiger partial charge in [-0.15, -0.1) is 0 Å². The van der Waals surface area contributed by atoms with Gasteiger partial charge in [-0.2, -0.15) is 0 Å². The predicted octanol–water partition coefficient (Wildman–Crippen LogP) is 3.40. The van der Waals surface area contributed by atoms with Crippen LogP contribution in [0.25, 0.3) is 0 Å². The van der Waals surface area contributed by atoms with E-state index < -0.39 is 0 Å².